The van der Waals surface area contributed by atoms with Crippen LogP contribution < -0.4 is 5.32 Å². The van der Waals surface area contributed by atoms with E-state index in [2.05, 4.69) is 5.32 Å². The summed E-state index contributed by atoms with van der Waals surface area (Å²) in [6.07, 6.45) is 2.01. The first kappa shape index (κ1) is 9.20. The van der Waals surface area contributed by atoms with Crippen LogP contribution in [-0.2, 0) is 0 Å². The van der Waals surface area contributed by atoms with Crippen molar-refractivity contribution in [1.82, 2.24) is 5.32 Å². The lowest BCUT2D eigenvalue weighted by Crippen LogP contribution is -2.43. The molecule has 0 unspecified atom stereocenters. The van der Waals surface area contributed by atoms with Gasteiger partial charge in [-0.2, -0.15) is 0 Å². The molecule has 2 heterocycles. The average Bonchev–Trinajstić information content (AvgIpc) is 2.08. The van der Waals surface area contributed by atoms with Crippen molar-refractivity contribution in [3.05, 3.63) is 0 Å². The van der Waals surface area contributed by atoms with Gasteiger partial charge in [0, 0.05) is 24.9 Å². The summed E-state index contributed by atoms with van der Waals surface area (Å²) in [6.45, 7) is 0. The second-order valence-corrected chi connectivity index (χ2v) is 3.40. The molecular weight excluding hydrogens is 172 g/mol. The first-order valence-corrected chi connectivity index (χ1v) is 3.80. The van der Waals surface area contributed by atoms with Gasteiger partial charge in [-0.3, -0.25) is 0 Å². The van der Waals surface area contributed by atoms with Crippen LogP contribution in [0.15, 0.2) is 0 Å². The summed E-state index contributed by atoms with van der Waals surface area (Å²) in [5.74, 6) is -2.38. The Morgan fingerprint density at radius 2 is 1.55 bits per heavy atom. The number of fused-ring (bicyclic) bond motifs is 2. The van der Waals surface area contributed by atoms with Crippen molar-refractivity contribution in [3.8, 4) is 0 Å². The Morgan fingerprint density at radius 1 is 1.09 bits per heavy atom. The molecule has 2 rings (SSSR count). The Bertz CT molecular complexity index is 137. The van der Waals surface area contributed by atoms with Crippen LogP contribution >= 0.6 is 12.4 Å². The third kappa shape index (κ3) is 1.82. The molecule has 11 heavy (non-hydrogen) atoms. The molecule has 0 aromatic carbocycles. The lowest BCUT2D eigenvalue weighted by Gasteiger charge is -2.28. The maximum atomic E-state index is 12.7. The van der Waals surface area contributed by atoms with Crippen LogP contribution in [0, 0.1) is 0 Å². The fraction of sp³-hybridized carbons (Fsp3) is 1.00. The van der Waals surface area contributed by atoms with E-state index in [0.717, 1.165) is 12.8 Å². The van der Waals surface area contributed by atoms with Gasteiger partial charge < -0.3 is 5.32 Å². The third-order valence-corrected chi connectivity index (χ3v) is 2.43. The average molecular weight is 184 g/mol. The molecule has 1 N–H and O–H groups in total. The normalized spacial score (nSPS) is 39.8. The Hall–Kier alpha value is 0.110. The third-order valence-electron chi connectivity index (χ3n) is 2.43. The Morgan fingerprint density at radius 3 is 2.00 bits per heavy atom. The number of alkyl halides is 2. The predicted molar refractivity (Wildman–Crippen MR) is 41.4 cm³/mol. The summed E-state index contributed by atoms with van der Waals surface area (Å²) in [7, 11) is 0. The fourth-order valence-corrected chi connectivity index (χ4v) is 2.03. The van der Waals surface area contributed by atoms with Crippen molar-refractivity contribution >= 4 is 12.4 Å². The van der Waals surface area contributed by atoms with E-state index in [-0.39, 0.29) is 37.3 Å². The number of halogens is 3. The highest BCUT2D eigenvalue weighted by molar-refractivity contribution is 5.85. The molecule has 0 radical (unpaired) electrons. The zero-order valence-electron chi connectivity index (χ0n) is 6.15. The van der Waals surface area contributed by atoms with Crippen LogP contribution in [0.1, 0.15) is 25.7 Å². The zero-order valence-corrected chi connectivity index (χ0v) is 6.96. The van der Waals surface area contributed by atoms with Gasteiger partial charge in [0.25, 0.3) is 5.92 Å². The van der Waals surface area contributed by atoms with Gasteiger partial charge in [0.1, 0.15) is 0 Å². The van der Waals surface area contributed by atoms with E-state index in [9.17, 15) is 8.78 Å². The Kier molecular flexibility index (Phi) is 2.40. The van der Waals surface area contributed by atoms with Crippen LogP contribution in [0.25, 0.3) is 0 Å². The van der Waals surface area contributed by atoms with Crippen molar-refractivity contribution < 1.29 is 8.78 Å². The van der Waals surface area contributed by atoms with Gasteiger partial charge in [0.05, 0.1) is 0 Å². The van der Waals surface area contributed by atoms with Gasteiger partial charge in [-0.05, 0) is 12.8 Å². The Balaban J connectivity index is 0.000000605. The number of rotatable bonds is 0. The minimum absolute atomic E-state index is 0. The van der Waals surface area contributed by atoms with Gasteiger partial charge in [-0.25, -0.2) is 8.78 Å². The molecule has 2 aliphatic heterocycles. The summed E-state index contributed by atoms with van der Waals surface area (Å²) in [6, 6.07) is 0.211. The van der Waals surface area contributed by atoms with E-state index in [1.165, 1.54) is 0 Å². The van der Waals surface area contributed by atoms with Crippen molar-refractivity contribution in [3.63, 3.8) is 0 Å². The molecular formula is C7H12ClF2N. The summed E-state index contributed by atoms with van der Waals surface area (Å²) >= 11 is 0. The van der Waals surface area contributed by atoms with Crippen LogP contribution in [-0.4, -0.2) is 18.0 Å². The second kappa shape index (κ2) is 2.87. The van der Waals surface area contributed by atoms with E-state index in [0.29, 0.717) is 0 Å². The first-order chi connectivity index (χ1) is 4.66. The van der Waals surface area contributed by atoms with E-state index >= 15 is 0 Å². The van der Waals surface area contributed by atoms with Crippen molar-refractivity contribution in [1.29, 1.82) is 0 Å². The number of hydrogen-bond acceptors (Lipinski definition) is 1. The summed E-state index contributed by atoms with van der Waals surface area (Å²) in [5, 5.41) is 3.17. The van der Waals surface area contributed by atoms with E-state index in [1.54, 1.807) is 0 Å². The quantitative estimate of drug-likeness (QED) is 0.606. The topological polar surface area (TPSA) is 12.0 Å². The molecule has 1 nitrogen and oxygen atoms in total. The predicted octanol–water partition coefficient (Wildman–Crippen LogP) is 1.96. The van der Waals surface area contributed by atoms with Gasteiger partial charge >= 0.3 is 0 Å². The molecule has 0 aliphatic carbocycles. The van der Waals surface area contributed by atoms with E-state index in [1.807, 2.05) is 0 Å². The number of piperidine rings is 1. The lowest BCUT2D eigenvalue weighted by atomic mass is 10.0. The highest BCUT2D eigenvalue weighted by Crippen LogP contribution is 2.37. The van der Waals surface area contributed by atoms with Gasteiger partial charge in [0.2, 0.25) is 0 Å². The molecule has 66 valence electrons. The van der Waals surface area contributed by atoms with Crippen LogP contribution in [0.3, 0.4) is 0 Å². The van der Waals surface area contributed by atoms with Gasteiger partial charge in [0.15, 0.2) is 0 Å². The molecule has 0 saturated carbocycles. The highest BCUT2D eigenvalue weighted by atomic mass is 35.5. The van der Waals surface area contributed by atoms with Gasteiger partial charge in [-0.15, -0.1) is 12.4 Å². The standard InChI is InChI=1S/C7H11F2N.ClH/c8-7(9)3-5-1-2-6(4-7)10-5;/h5-6,10H,1-4H2;1H/t5-,6+;. The molecule has 2 fully saturated rings. The second-order valence-electron chi connectivity index (χ2n) is 3.40. The molecule has 0 aromatic rings. The van der Waals surface area contributed by atoms with Gasteiger partial charge in [-0.1, -0.05) is 0 Å². The molecule has 0 spiro atoms. The molecule has 0 amide bonds. The number of nitrogens with one attached hydrogen (secondary N) is 1. The van der Waals surface area contributed by atoms with Crippen molar-refractivity contribution in [2.24, 2.45) is 0 Å². The lowest BCUT2D eigenvalue weighted by molar-refractivity contribution is -0.0433. The maximum absolute atomic E-state index is 12.7. The van der Waals surface area contributed by atoms with E-state index in [4.69, 9.17) is 0 Å². The molecule has 0 aromatic heterocycles. The molecule has 2 aliphatic rings. The SMILES string of the molecule is Cl.FC1(F)C[C@H]2CC[C@@H](C1)N2. The number of hydrogen-bond donors (Lipinski definition) is 1. The van der Waals surface area contributed by atoms with Crippen LogP contribution in [0.4, 0.5) is 8.78 Å². The smallest absolute Gasteiger partial charge is 0.251 e. The van der Waals surface area contributed by atoms with Crippen LogP contribution in [0.2, 0.25) is 0 Å². The molecule has 2 bridgehead atoms. The summed E-state index contributed by atoms with van der Waals surface area (Å²) < 4.78 is 25.4. The molecule has 2 saturated heterocycles. The molecule has 2 atom stereocenters. The first-order valence-electron chi connectivity index (χ1n) is 3.80. The minimum atomic E-state index is -2.38. The summed E-state index contributed by atoms with van der Waals surface area (Å²) in [4.78, 5) is 0. The summed E-state index contributed by atoms with van der Waals surface area (Å²) in [5.41, 5.74) is 0. The van der Waals surface area contributed by atoms with E-state index < -0.39 is 5.92 Å². The maximum Gasteiger partial charge on any atom is 0.251 e. The molecule has 4 heteroatoms. The van der Waals surface area contributed by atoms with Crippen molar-refractivity contribution in [2.45, 2.75) is 43.7 Å². The fourth-order valence-electron chi connectivity index (χ4n) is 2.03. The van der Waals surface area contributed by atoms with Crippen LogP contribution in [0.5, 0.6) is 0 Å². The minimum Gasteiger partial charge on any atom is -0.311 e. The Labute approximate surface area is 71.0 Å². The monoisotopic (exact) mass is 183 g/mol. The highest BCUT2D eigenvalue weighted by Gasteiger charge is 2.44. The largest absolute Gasteiger partial charge is 0.311 e. The zero-order chi connectivity index (χ0) is 7.19. The van der Waals surface area contributed by atoms with Crippen molar-refractivity contribution in [2.75, 3.05) is 0 Å².